The Bertz CT molecular complexity index is 2450. The van der Waals surface area contributed by atoms with Crippen molar-refractivity contribution in [1.29, 1.82) is 0 Å². The predicted molar refractivity (Wildman–Crippen MR) is 249 cm³/mol. The van der Waals surface area contributed by atoms with Gasteiger partial charge in [-0.2, -0.15) is 0 Å². The Labute approximate surface area is 377 Å². The van der Waals surface area contributed by atoms with Crippen LogP contribution in [0.25, 0.3) is 10.9 Å². The van der Waals surface area contributed by atoms with Crippen molar-refractivity contribution in [3.8, 4) is 5.75 Å². The number of benzene rings is 2. The van der Waals surface area contributed by atoms with Gasteiger partial charge < -0.3 is 29.7 Å². The van der Waals surface area contributed by atoms with Crippen LogP contribution in [0.4, 0.5) is 16.0 Å². The van der Waals surface area contributed by atoms with Gasteiger partial charge in [-0.25, -0.2) is 14.4 Å². The number of aromatic amines is 1. The highest BCUT2D eigenvalue weighted by Gasteiger charge is 2.50. The van der Waals surface area contributed by atoms with E-state index >= 15 is 4.39 Å². The summed E-state index contributed by atoms with van der Waals surface area (Å²) < 4.78 is 21.9. The van der Waals surface area contributed by atoms with E-state index in [9.17, 15) is 9.59 Å². The maximum atomic E-state index is 15.3. The third kappa shape index (κ3) is 7.44. The summed E-state index contributed by atoms with van der Waals surface area (Å²) in [5, 5.41) is 4.09. The Morgan fingerprint density at radius 2 is 1.75 bits per heavy atom. The van der Waals surface area contributed by atoms with Crippen LogP contribution in [0, 0.1) is 11.3 Å². The summed E-state index contributed by atoms with van der Waals surface area (Å²) in [7, 11) is 0. The van der Waals surface area contributed by atoms with Gasteiger partial charge in [0.2, 0.25) is 11.9 Å². The van der Waals surface area contributed by atoms with E-state index in [1.54, 1.807) is 18.7 Å². The van der Waals surface area contributed by atoms with Gasteiger partial charge >= 0.3 is 0 Å². The van der Waals surface area contributed by atoms with E-state index in [1.165, 1.54) is 23.8 Å². The molecule has 1 saturated carbocycles. The van der Waals surface area contributed by atoms with Crippen LogP contribution in [-0.4, -0.2) is 117 Å². The van der Waals surface area contributed by atoms with E-state index in [4.69, 9.17) is 14.7 Å². The molecule has 2 aromatic heterocycles. The first-order chi connectivity index (χ1) is 30.7. The number of piperidine rings is 2. The maximum Gasteiger partial charge on any atom is 0.255 e. The smallest absolute Gasteiger partial charge is 0.255 e. The normalized spacial score (nSPS) is 27.0. The molecule has 1 aliphatic carbocycles. The average molecular weight is 872 g/mol. The van der Waals surface area contributed by atoms with E-state index in [-0.39, 0.29) is 29.4 Å². The standard InChI is InChI=1S/C49H60FN9O3.C2H6/c1-30-10-12-40(44(60)53-30)57-26-37-35(45(57)61)11-13-39-43(37)62-29-48(5)28-55(18-19-59(39)48)25-32-21-49(22-32)14-16-56(17-15-49)46-51-23-33(24-52-46)42-41-36(34-8-6-7-9-38(34)54-41)20-31(2)58(42)27-47(3,4)50;1-2/h6-9,11,13,23-24,31-32,40,42,54H,1,10,12,14-22,25-29H2,2-5H3,(H,53,60);1-2H3/t31?,40?,42-,48-;/m1./s1. The lowest BCUT2D eigenvalue weighted by Gasteiger charge is -2.56. The first-order valence-electron chi connectivity index (χ1n) is 23.9. The highest BCUT2D eigenvalue weighted by molar-refractivity contribution is 6.03. The summed E-state index contributed by atoms with van der Waals surface area (Å²) in [6.45, 7) is 22.9. The van der Waals surface area contributed by atoms with Crippen molar-refractivity contribution >= 4 is 34.4 Å². The summed E-state index contributed by atoms with van der Waals surface area (Å²) >= 11 is 0. The number of nitrogens with one attached hydrogen (secondary N) is 2. The topological polar surface area (TPSA) is 113 Å². The number of halogens is 1. The van der Waals surface area contributed by atoms with Gasteiger partial charge in [-0.1, -0.05) is 38.6 Å². The molecule has 11 rings (SSSR count). The first-order valence-corrected chi connectivity index (χ1v) is 23.9. The van der Waals surface area contributed by atoms with E-state index in [0.29, 0.717) is 55.1 Å². The second-order valence-corrected chi connectivity index (χ2v) is 20.7. The van der Waals surface area contributed by atoms with Crippen LogP contribution < -0.4 is 19.9 Å². The Morgan fingerprint density at radius 1 is 1.00 bits per heavy atom. The summed E-state index contributed by atoms with van der Waals surface area (Å²) in [5.41, 5.74) is 6.81. The number of anilines is 2. The van der Waals surface area contributed by atoms with E-state index < -0.39 is 11.7 Å². The molecule has 2 unspecified atom stereocenters. The van der Waals surface area contributed by atoms with E-state index in [1.807, 2.05) is 32.3 Å². The molecule has 2 N–H and O–H groups in total. The number of nitrogens with zero attached hydrogens (tertiary/aromatic N) is 7. The number of carbonyl (C=O) groups excluding carboxylic acids is 2. The zero-order chi connectivity index (χ0) is 44.7. The molecule has 6 aliphatic heterocycles. The number of amides is 2. The molecule has 0 bridgehead atoms. The minimum atomic E-state index is -1.34. The summed E-state index contributed by atoms with van der Waals surface area (Å²) in [6, 6.07) is 12.0. The largest absolute Gasteiger partial charge is 0.489 e. The van der Waals surface area contributed by atoms with Crippen molar-refractivity contribution in [1.82, 2.24) is 35.0 Å². The van der Waals surface area contributed by atoms with Crippen molar-refractivity contribution in [2.24, 2.45) is 11.3 Å². The van der Waals surface area contributed by atoms with Crippen LogP contribution in [-0.2, 0) is 17.8 Å². The number of piperazine rings is 1. The molecular weight excluding hydrogens is 806 g/mol. The Hall–Kier alpha value is -5.01. The zero-order valence-electron chi connectivity index (χ0n) is 38.7. The lowest BCUT2D eigenvalue weighted by molar-refractivity contribution is -0.126. The summed E-state index contributed by atoms with van der Waals surface area (Å²) in [4.78, 5) is 51.5. The third-order valence-electron chi connectivity index (χ3n) is 15.5. The zero-order valence-corrected chi connectivity index (χ0v) is 38.7. The molecule has 340 valence electrons. The average Bonchev–Trinajstić information content (AvgIpc) is 3.80. The van der Waals surface area contributed by atoms with Crippen molar-refractivity contribution in [2.45, 2.75) is 122 Å². The molecule has 12 nitrogen and oxygen atoms in total. The first kappa shape index (κ1) is 42.9. The minimum absolute atomic E-state index is 0.0917. The molecule has 2 aromatic carbocycles. The second-order valence-electron chi connectivity index (χ2n) is 20.7. The number of hydrogen-bond acceptors (Lipinski definition) is 9. The molecule has 1 spiro atoms. The number of H-pyrrole nitrogens is 1. The summed E-state index contributed by atoms with van der Waals surface area (Å²) in [6.07, 6.45) is 11.0. The summed E-state index contributed by atoms with van der Waals surface area (Å²) in [5.74, 6) is 2.06. The van der Waals surface area contributed by atoms with Crippen molar-refractivity contribution < 1.29 is 18.7 Å². The van der Waals surface area contributed by atoms with Gasteiger partial charge in [0.25, 0.3) is 5.91 Å². The number of rotatable bonds is 7. The van der Waals surface area contributed by atoms with Gasteiger partial charge in [0, 0.05) is 103 Å². The minimum Gasteiger partial charge on any atom is -0.489 e. The van der Waals surface area contributed by atoms with Crippen LogP contribution in [0.5, 0.6) is 5.75 Å². The Morgan fingerprint density at radius 3 is 2.48 bits per heavy atom. The van der Waals surface area contributed by atoms with Gasteiger partial charge in [-0.3, -0.25) is 19.4 Å². The van der Waals surface area contributed by atoms with Crippen LogP contribution >= 0.6 is 0 Å². The number of allylic oxidation sites excluding steroid dienone is 1. The fraction of sp³-hybridized carbons (Fsp3) is 0.569. The number of aromatic nitrogens is 3. The Balaban J connectivity index is 0.00000239. The molecule has 2 amide bonds. The number of ether oxygens (including phenoxy) is 1. The van der Waals surface area contributed by atoms with Crippen molar-refractivity contribution in [2.75, 3.05) is 62.2 Å². The van der Waals surface area contributed by atoms with Crippen molar-refractivity contribution in [3.63, 3.8) is 0 Å². The van der Waals surface area contributed by atoms with Gasteiger partial charge in [0.1, 0.15) is 24.1 Å². The number of hydrogen-bond donors (Lipinski definition) is 2. The molecule has 13 heteroatoms. The molecule has 0 radical (unpaired) electrons. The highest BCUT2D eigenvalue weighted by Crippen LogP contribution is 2.54. The van der Waals surface area contributed by atoms with Gasteiger partial charge in [0.15, 0.2) is 0 Å². The van der Waals surface area contributed by atoms with Gasteiger partial charge in [0.05, 0.1) is 23.8 Å². The van der Waals surface area contributed by atoms with Crippen molar-refractivity contribution in [3.05, 3.63) is 89.0 Å². The fourth-order valence-electron chi connectivity index (χ4n) is 12.6. The monoisotopic (exact) mass is 872 g/mol. The predicted octanol–water partition coefficient (Wildman–Crippen LogP) is 7.79. The SMILES string of the molecule is C=C1CCC(N2Cc3c(ccc4c3OC[C@@]3(C)CN(CC5CC6(CCN(c7ncc([C@@H]8c9[nH]c%10ccccc%10c9CC(C)N8CC(C)(C)F)cn7)CC6)C5)CCN43)C2=O)C(=O)N1.CC. The fourth-order valence-corrected chi connectivity index (χ4v) is 12.6. The molecule has 7 aliphatic rings. The van der Waals surface area contributed by atoms with E-state index in [0.717, 1.165) is 98.3 Å². The second kappa shape index (κ2) is 16.2. The number of alkyl halides is 1. The molecule has 3 saturated heterocycles. The number of para-hydroxylation sites is 1. The maximum absolute atomic E-state index is 15.3. The molecule has 4 atom stereocenters. The lowest BCUT2D eigenvalue weighted by Crippen LogP contribution is -2.66. The van der Waals surface area contributed by atoms with E-state index in [2.05, 4.69) is 80.7 Å². The molecule has 4 aromatic rings. The third-order valence-corrected chi connectivity index (χ3v) is 15.5. The Kier molecular flexibility index (Phi) is 10.8. The molecular formula is C51H66FN9O3. The molecule has 4 fully saturated rings. The molecule has 8 heterocycles. The van der Waals surface area contributed by atoms with Crippen LogP contribution in [0.2, 0.25) is 0 Å². The van der Waals surface area contributed by atoms with Crippen LogP contribution in [0.3, 0.4) is 0 Å². The number of carbonyl (C=O) groups is 2. The van der Waals surface area contributed by atoms with Gasteiger partial charge in [-0.05, 0) is 108 Å². The van der Waals surface area contributed by atoms with Crippen LogP contribution in [0.1, 0.15) is 119 Å². The lowest BCUT2D eigenvalue weighted by atomic mass is 9.57. The molecule has 64 heavy (non-hydrogen) atoms. The number of fused-ring (bicyclic) bond motifs is 8. The quantitative estimate of drug-likeness (QED) is 0.192. The van der Waals surface area contributed by atoms with Gasteiger partial charge in [-0.15, -0.1) is 0 Å². The van der Waals surface area contributed by atoms with Crippen LogP contribution in [0.15, 0.2) is 61.1 Å². The highest BCUT2D eigenvalue weighted by atomic mass is 19.1.